The quantitative estimate of drug-likeness (QED) is 0.189. The molecule has 0 unspecified atom stereocenters. The van der Waals surface area contributed by atoms with E-state index in [1.54, 1.807) is 36.1 Å². The zero-order chi connectivity index (χ0) is 26.2. The lowest BCUT2D eigenvalue weighted by molar-refractivity contribution is -0.662. The molecular weight excluding hydrogens is 475 g/mol. The zero-order valence-corrected chi connectivity index (χ0v) is 20.4. The van der Waals surface area contributed by atoms with E-state index >= 15 is 0 Å². The van der Waals surface area contributed by atoms with Crippen LogP contribution in [0.2, 0.25) is 0 Å². The van der Waals surface area contributed by atoms with Gasteiger partial charge in [-0.05, 0) is 60.1 Å². The van der Waals surface area contributed by atoms with E-state index in [4.69, 9.17) is 4.42 Å². The maximum absolute atomic E-state index is 14.8. The first kappa shape index (κ1) is 24.2. The molecule has 0 spiro atoms. The summed E-state index contributed by atoms with van der Waals surface area (Å²) in [4.78, 5) is 4.46. The third-order valence-electron chi connectivity index (χ3n) is 6.99. The molecule has 186 valence electrons. The van der Waals surface area contributed by atoms with Crippen LogP contribution in [0.4, 0.5) is 22.0 Å². The van der Waals surface area contributed by atoms with Crippen LogP contribution in [0.1, 0.15) is 30.5 Å². The van der Waals surface area contributed by atoms with E-state index in [0.717, 1.165) is 23.3 Å². The van der Waals surface area contributed by atoms with Crippen LogP contribution in [-0.2, 0) is 13.5 Å². The SMILES string of the molecule is Cc1cc2c(oc3cc(F)cc(F)c32)c(-c2c3ccc(CC(C)(C)C(F)(F)F)cc3nc[n+]2C)c1C. The van der Waals surface area contributed by atoms with Gasteiger partial charge in [0.1, 0.15) is 28.5 Å². The van der Waals surface area contributed by atoms with Crippen LogP contribution in [0.3, 0.4) is 0 Å². The maximum Gasteiger partial charge on any atom is 0.394 e. The Morgan fingerprint density at radius 3 is 2.39 bits per heavy atom. The van der Waals surface area contributed by atoms with Crippen molar-refractivity contribution in [3.8, 4) is 11.3 Å². The fourth-order valence-electron chi connectivity index (χ4n) is 4.78. The number of rotatable bonds is 3. The molecule has 3 aromatic carbocycles. The standard InChI is InChI=1S/C28H24F5N2O/c1-14-8-19-24-20(30)10-17(29)11-22(24)36-26(19)23(15(14)2)25-18-7-6-16(9-21(18)34-13-35(25)5)12-27(3,4)28(31,32)33/h6-11,13H,12H2,1-5H3/q+1. The summed E-state index contributed by atoms with van der Waals surface area (Å²) in [6.45, 7) is 6.18. The molecule has 0 atom stereocenters. The first-order valence-electron chi connectivity index (χ1n) is 11.4. The van der Waals surface area contributed by atoms with Gasteiger partial charge in [-0.2, -0.15) is 13.2 Å². The van der Waals surface area contributed by atoms with Gasteiger partial charge in [-0.15, -0.1) is 0 Å². The lowest BCUT2D eigenvalue weighted by Crippen LogP contribution is -2.34. The second kappa shape index (κ2) is 7.98. The first-order valence-corrected chi connectivity index (χ1v) is 11.4. The third kappa shape index (κ3) is 3.70. The summed E-state index contributed by atoms with van der Waals surface area (Å²) in [6, 6.07) is 8.92. The number of nitrogens with zero attached hydrogens (tertiary/aromatic N) is 2. The van der Waals surface area contributed by atoms with E-state index < -0.39 is 23.2 Å². The average molecular weight is 500 g/mol. The third-order valence-corrected chi connectivity index (χ3v) is 6.99. The first-order chi connectivity index (χ1) is 16.8. The molecule has 0 aliphatic heterocycles. The van der Waals surface area contributed by atoms with Gasteiger partial charge in [0, 0.05) is 17.5 Å². The summed E-state index contributed by atoms with van der Waals surface area (Å²) >= 11 is 0. The lowest BCUT2D eigenvalue weighted by atomic mass is 9.84. The highest BCUT2D eigenvalue weighted by atomic mass is 19.4. The normalized spacial score (nSPS) is 12.8. The number of aromatic nitrogens is 2. The lowest BCUT2D eigenvalue weighted by Gasteiger charge is -2.27. The van der Waals surface area contributed by atoms with Crippen molar-refractivity contribution in [1.29, 1.82) is 0 Å². The molecule has 0 amide bonds. The van der Waals surface area contributed by atoms with Gasteiger partial charge in [-0.25, -0.2) is 13.3 Å². The van der Waals surface area contributed by atoms with Crippen molar-refractivity contribution in [3.63, 3.8) is 0 Å². The molecule has 0 saturated carbocycles. The van der Waals surface area contributed by atoms with Gasteiger partial charge in [-0.1, -0.05) is 19.9 Å². The Balaban J connectivity index is 1.79. The van der Waals surface area contributed by atoms with Crippen molar-refractivity contribution < 1.29 is 30.9 Å². The minimum absolute atomic E-state index is 0.103. The van der Waals surface area contributed by atoms with Crippen molar-refractivity contribution in [2.45, 2.75) is 40.3 Å². The van der Waals surface area contributed by atoms with Gasteiger partial charge >= 0.3 is 6.18 Å². The Morgan fingerprint density at radius 1 is 0.972 bits per heavy atom. The van der Waals surface area contributed by atoms with Crippen molar-refractivity contribution in [1.82, 2.24) is 4.98 Å². The smallest absolute Gasteiger partial charge is 0.394 e. The number of aryl methyl sites for hydroxylation is 2. The summed E-state index contributed by atoms with van der Waals surface area (Å²) in [5.41, 5.74) is 2.84. The molecule has 0 fully saturated rings. The molecule has 0 aliphatic carbocycles. The average Bonchev–Trinajstić information content (AvgIpc) is 3.12. The highest BCUT2D eigenvalue weighted by molar-refractivity contribution is 6.12. The molecular formula is C28H24F5N2O+. The van der Waals surface area contributed by atoms with E-state index in [-0.39, 0.29) is 17.4 Å². The van der Waals surface area contributed by atoms with Crippen LogP contribution in [0, 0.1) is 30.9 Å². The second-order valence-corrected chi connectivity index (χ2v) is 10.0. The van der Waals surface area contributed by atoms with Gasteiger partial charge in [0.2, 0.25) is 0 Å². The second-order valence-electron chi connectivity index (χ2n) is 10.0. The van der Waals surface area contributed by atoms with Crippen molar-refractivity contribution in [2.75, 3.05) is 0 Å². The van der Waals surface area contributed by atoms with Crippen molar-refractivity contribution in [2.24, 2.45) is 12.5 Å². The number of halogens is 5. The Hall–Kier alpha value is -3.55. The minimum atomic E-state index is -4.34. The van der Waals surface area contributed by atoms with E-state index in [2.05, 4.69) is 4.98 Å². The molecule has 0 bridgehead atoms. The van der Waals surface area contributed by atoms with Crippen LogP contribution in [-0.4, -0.2) is 11.2 Å². The summed E-state index contributed by atoms with van der Waals surface area (Å²) in [5.74, 6) is -1.44. The Morgan fingerprint density at radius 2 is 1.69 bits per heavy atom. The number of hydrogen-bond donors (Lipinski definition) is 0. The molecule has 36 heavy (non-hydrogen) atoms. The van der Waals surface area contributed by atoms with Gasteiger partial charge in [0.25, 0.3) is 6.33 Å². The molecule has 5 aromatic rings. The molecule has 3 nitrogen and oxygen atoms in total. The molecule has 0 aliphatic rings. The molecule has 0 N–H and O–H groups in total. The van der Waals surface area contributed by atoms with E-state index in [9.17, 15) is 22.0 Å². The highest BCUT2D eigenvalue weighted by Gasteiger charge is 2.47. The number of alkyl halides is 3. The molecule has 2 aromatic heterocycles. The van der Waals surface area contributed by atoms with Gasteiger partial charge in [0.15, 0.2) is 5.52 Å². The molecule has 0 saturated heterocycles. The zero-order valence-electron chi connectivity index (χ0n) is 20.4. The van der Waals surface area contributed by atoms with Crippen LogP contribution in [0.15, 0.2) is 47.1 Å². The monoisotopic (exact) mass is 499 g/mol. The molecule has 2 heterocycles. The fourth-order valence-corrected chi connectivity index (χ4v) is 4.78. The predicted molar refractivity (Wildman–Crippen MR) is 129 cm³/mol. The Bertz CT molecular complexity index is 1680. The fraction of sp³-hybridized carbons (Fsp3) is 0.286. The van der Waals surface area contributed by atoms with Gasteiger partial charge in [0.05, 0.1) is 28.8 Å². The van der Waals surface area contributed by atoms with E-state index in [1.807, 2.05) is 19.9 Å². The van der Waals surface area contributed by atoms with Crippen LogP contribution in [0.5, 0.6) is 0 Å². The van der Waals surface area contributed by atoms with Crippen LogP contribution < -0.4 is 4.57 Å². The predicted octanol–water partition coefficient (Wildman–Crippen LogP) is 7.65. The topological polar surface area (TPSA) is 29.9 Å². The summed E-state index contributed by atoms with van der Waals surface area (Å²) < 4.78 is 76.9. The molecule has 8 heteroatoms. The highest BCUT2D eigenvalue weighted by Crippen LogP contribution is 2.43. The summed E-state index contributed by atoms with van der Waals surface area (Å²) in [6.07, 6.45) is -2.94. The summed E-state index contributed by atoms with van der Waals surface area (Å²) in [7, 11) is 1.80. The number of fused-ring (bicyclic) bond motifs is 4. The number of furan rings is 1. The Labute approximate surface area is 204 Å². The number of hydrogen-bond acceptors (Lipinski definition) is 2. The van der Waals surface area contributed by atoms with Gasteiger partial charge < -0.3 is 4.42 Å². The van der Waals surface area contributed by atoms with Crippen molar-refractivity contribution >= 4 is 32.8 Å². The summed E-state index contributed by atoms with van der Waals surface area (Å²) in [5, 5.41) is 1.43. The maximum atomic E-state index is 14.8. The van der Waals surface area contributed by atoms with E-state index in [1.165, 1.54) is 13.8 Å². The Kier molecular flexibility index (Phi) is 5.36. The van der Waals surface area contributed by atoms with E-state index in [0.29, 0.717) is 38.7 Å². The van der Waals surface area contributed by atoms with Gasteiger partial charge in [-0.3, -0.25) is 0 Å². The molecule has 5 rings (SSSR count). The van der Waals surface area contributed by atoms with Crippen LogP contribution in [0.25, 0.3) is 44.1 Å². The van der Waals surface area contributed by atoms with Crippen LogP contribution >= 0.6 is 0 Å². The number of benzene rings is 3. The minimum Gasteiger partial charge on any atom is -0.455 e. The molecule has 0 radical (unpaired) electrons. The van der Waals surface area contributed by atoms with Crippen molar-refractivity contribution in [3.05, 3.63) is 71.1 Å². The largest absolute Gasteiger partial charge is 0.455 e.